The number of rotatable bonds is 8. The van der Waals surface area contributed by atoms with Gasteiger partial charge in [-0.1, -0.05) is 36.4 Å². The number of furan rings is 1. The van der Waals surface area contributed by atoms with Gasteiger partial charge >= 0.3 is 0 Å². The largest absolute Gasteiger partial charge is 0.443 e. The molecular formula is C28H34N2O2. The van der Waals surface area contributed by atoms with Crippen LogP contribution in [0.2, 0.25) is 0 Å². The number of nitrogens with zero attached hydrogens (tertiary/aromatic N) is 2. The first kappa shape index (κ1) is 21.4. The topological polar surface area (TPSA) is 49.5 Å². The summed E-state index contributed by atoms with van der Waals surface area (Å²) in [4.78, 5) is 6.81. The molecule has 0 aliphatic heterocycles. The predicted molar refractivity (Wildman–Crippen MR) is 129 cm³/mol. The molecule has 0 radical (unpaired) electrons. The van der Waals surface area contributed by atoms with Crippen LogP contribution in [0.4, 0.5) is 0 Å². The van der Waals surface area contributed by atoms with E-state index in [4.69, 9.17) is 4.42 Å². The number of aliphatic hydroxyl groups is 1. The van der Waals surface area contributed by atoms with Crippen molar-refractivity contribution in [3.05, 3.63) is 71.6 Å². The zero-order valence-electron chi connectivity index (χ0n) is 19.3. The molecule has 6 rings (SSSR count). The van der Waals surface area contributed by atoms with Crippen molar-refractivity contribution in [2.75, 3.05) is 20.1 Å². The van der Waals surface area contributed by atoms with Crippen LogP contribution in [0.5, 0.6) is 0 Å². The van der Waals surface area contributed by atoms with E-state index in [-0.39, 0.29) is 5.92 Å². The third kappa shape index (κ3) is 4.39. The van der Waals surface area contributed by atoms with E-state index in [2.05, 4.69) is 59.4 Å². The van der Waals surface area contributed by atoms with Crippen molar-refractivity contribution in [3.8, 4) is 0 Å². The molecule has 1 aromatic carbocycles. The number of allylic oxidation sites excluding steroid dienone is 1. The highest BCUT2D eigenvalue weighted by Gasteiger charge is 2.46. The first-order valence-electron chi connectivity index (χ1n) is 12.0. The van der Waals surface area contributed by atoms with Gasteiger partial charge in [-0.3, -0.25) is 0 Å². The molecule has 3 aliphatic carbocycles. The van der Waals surface area contributed by atoms with Crippen molar-refractivity contribution in [2.24, 2.45) is 11.8 Å². The number of benzene rings is 1. The third-order valence-corrected chi connectivity index (χ3v) is 7.53. The maximum absolute atomic E-state index is 11.5. The van der Waals surface area contributed by atoms with Crippen LogP contribution >= 0.6 is 0 Å². The summed E-state index contributed by atoms with van der Waals surface area (Å²) < 4.78 is 5.57. The highest BCUT2D eigenvalue weighted by atomic mass is 16.3. The van der Waals surface area contributed by atoms with Gasteiger partial charge in [0.25, 0.3) is 0 Å². The molecule has 1 saturated carbocycles. The Morgan fingerprint density at radius 3 is 2.78 bits per heavy atom. The fourth-order valence-corrected chi connectivity index (χ4v) is 5.73. The lowest BCUT2D eigenvalue weighted by Crippen LogP contribution is -2.48. The summed E-state index contributed by atoms with van der Waals surface area (Å²) in [7, 11) is 2.18. The molecule has 3 aliphatic rings. The van der Waals surface area contributed by atoms with Crippen LogP contribution in [0.15, 0.2) is 59.2 Å². The second kappa shape index (κ2) is 8.84. The Labute approximate surface area is 191 Å². The van der Waals surface area contributed by atoms with E-state index in [1.54, 1.807) is 0 Å². The molecule has 2 heterocycles. The van der Waals surface area contributed by atoms with Crippen LogP contribution in [0, 0.1) is 18.8 Å². The average Bonchev–Trinajstić information content (AvgIpc) is 3.18. The summed E-state index contributed by atoms with van der Waals surface area (Å²) >= 11 is 0. The Morgan fingerprint density at radius 1 is 1.16 bits per heavy atom. The summed E-state index contributed by atoms with van der Waals surface area (Å²) in [6.45, 7) is 3.92. The lowest BCUT2D eigenvalue weighted by atomic mass is 9.61. The minimum absolute atomic E-state index is 0.285. The number of aryl methyl sites for hydroxylation is 2. The minimum atomic E-state index is -0.552. The molecule has 2 bridgehead atoms. The molecule has 168 valence electrons. The predicted octanol–water partition coefficient (Wildman–Crippen LogP) is 5.64. The molecule has 0 unspecified atom stereocenters. The van der Waals surface area contributed by atoms with Gasteiger partial charge in [0.2, 0.25) is 5.71 Å². The molecule has 1 N–H and O–H groups in total. The number of hydrogen-bond acceptors (Lipinski definition) is 4. The van der Waals surface area contributed by atoms with Gasteiger partial charge in [0.15, 0.2) is 0 Å². The van der Waals surface area contributed by atoms with Crippen LogP contribution in [0.3, 0.4) is 0 Å². The van der Waals surface area contributed by atoms with Gasteiger partial charge < -0.3 is 14.4 Å². The van der Waals surface area contributed by atoms with Crippen LogP contribution in [0.1, 0.15) is 49.0 Å². The lowest BCUT2D eigenvalue weighted by Gasteiger charge is -2.48. The average molecular weight is 431 g/mol. The van der Waals surface area contributed by atoms with Crippen molar-refractivity contribution in [1.29, 1.82) is 0 Å². The fraction of sp³-hybridized carbons (Fsp3) is 0.464. The van der Waals surface area contributed by atoms with Crippen LogP contribution < -0.4 is 0 Å². The quantitative estimate of drug-likeness (QED) is 0.503. The highest BCUT2D eigenvalue weighted by Crippen LogP contribution is 2.51. The van der Waals surface area contributed by atoms with Gasteiger partial charge in [0, 0.05) is 24.0 Å². The van der Waals surface area contributed by atoms with Crippen molar-refractivity contribution in [1.82, 2.24) is 9.88 Å². The van der Waals surface area contributed by atoms with Crippen LogP contribution in [0.25, 0.3) is 16.7 Å². The van der Waals surface area contributed by atoms with Gasteiger partial charge in [0.05, 0.1) is 5.60 Å². The molecule has 0 saturated heterocycles. The normalized spacial score (nSPS) is 24.9. The van der Waals surface area contributed by atoms with E-state index in [1.165, 1.54) is 23.1 Å². The Bertz CT molecular complexity index is 1100. The first-order valence-corrected chi connectivity index (χ1v) is 12.0. The van der Waals surface area contributed by atoms with Crippen molar-refractivity contribution >= 4 is 16.7 Å². The first-order chi connectivity index (χ1) is 15.5. The van der Waals surface area contributed by atoms with E-state index in [9.17, 15) is 5.11 Å². The standard InChI is InChI=1S/C28H34N2O2/c1-20-15-24-16-21(19-29-27(24)32-20)7-6-13-30(2)14-12-28(31)18-23-10-11-25(28)17-26(23)22-8-4-3-5-9-22/h3-5,8-9,15-17,19,23,25,31H,6-7,10-14,18H2,1-2H3/t23-,25-,28+/m0/s1. The second-order valence-electron chi connectivity index (χ2n) is 9.93. The zero-order chi connectivity index (χ0) is 22.1. The lowest BCUT2D eigenvalue weighted by molar-refractivity contribution is -0.0574. The van der Waals surface area contributed by atoms with E-state index < -0.39 is 5.60 Å². The molecule has 1 fully saturated rings. The summed E-state index contributed by atoms with van der Waals surface area (Å²) in [5.41, 5.74) is 4.22. The van der Waals surface area contributed by atoms with Crippen molar-refractivity contribution in [3.63, 3.8) is 0 Å². The van der Waals surface area contributed by atoms with Crippen molar-refractivity contribution in [2.45, 2.75) is 51.0 Å². The molecule has 3 atom stereocenters. The maximum atomic E-state index is 11.5. The summed E-state index contributed by atoms with van der Waals surface area (Å²) in [5.74, 6) is 1.68. The summed E-state index contributed by atoms with van der Waals surface area (Å²) in [6.07, 6.45) is 10.5. The Morgan fingerprint density at radius 2 is 2.00 bits per heavy atom. The van der Waals surface area contributed by atoms with Crippen LogP contribution in [-0.2, 0) is 6.42 Å². The minimum Gasteiger partial charge on any atom is -0.443 e. The van der Waals surface area contributed by atoms with E-state index in [0.29, 0.717) is 5.92 Å². The molecular weight excluding hydrogens is 396 g/mol. The van der Waals surface area contributed by atoms with Gasteiger partial charge in [-0.15, -0.1) is 0 Å². The van der Waals surface area contributed by atoms with Crippen molar-refractivity contribution < 1.29 is 9.52 Å². The Kier molecular flexibility index (Phi) is 5.92. The monoisotopic (exact) mass is 430 g/mol. The maximum Gasteiger partial charge on any atom is 0.226 e. The number of aromatic nitrogens is 1. The van der Waals surface area contributed by atoms with Crippen LogP contribution in [-0.4, -0.2) is 40.7 Å². The molecule has 4 nitrogen and oxygen atoms in total. The van der Waals surface area contributed by atoms with E-state index >= 15 is 0 Å². The number of pyridine rings is 1. The molecule has 32 heavy (non-hydrogen) atoms. The summed E-state index contributed by atoms with van der Waals surface area (Å²) in [5, 5.41) is 12.6. The highest BCUT2D eigenvalue weighted by molar-refractivity contribution is 5.74. The van der Waals surface area contributed by atoms with Gasteiger partial charge in [-0.05, 0) is 93.8 Å². The molecule has 2 aromatic heterocycles. The molecule has 3 aromatic rings. The molecule has 4 heteroatoms. The van der Waals surface area contributed by atoms with E-state index in [1.807, 2.05) is 19.2 Å². The summed E-state index contributed by atoms with van der Waals surface area (Å²) in [6, 6.07) is 15.0. The smallest absolute Gasteiger partial charge is 0.226 e. The molecule has 0 spiro atoms. The Hall–Kier alpha value is -2.43. The van der Waals surface area contributed by atoms with E-state index in [0.717, 1.165) is 62.1 Å². The third-order valence-electron chi connectivity index (χ3n) is 7.53. The number of fused-ring (bicyclic) bond motifs is 3. The second-order valence-corrected chi connectivity index (χ2v) is 9.93. The number of hydrogen-bond donors (Lipinski definition) is 1. The van der Waals surface area contributed by atoms with Gasteiger partial charge in [-0.2, -0.15) is 0 Å². The SMILES string of the molecule is Cc1cc2cc(CCCN(C)CC[C@@]3(O)C[C@@H]4CC[C@H]3C=C4c3ccccc3)cnc2o1. The zero-order valence-corrected chi connectivity index (χ0v) is 19.3. The van der Waals surface area contributed by atoms with Gasteiger partial charge in [0.1, 0.15) is 5.76 Å². The fourth-order valence-electron chi connectivity index (χ4n) is 5.73. The molecule has 0 amide bonds. The van der Waals surface area contributed by atoms with Gasteiger partial charge in [-0.25, -0.2) is 4.98 Å². The Balaban J connectivity index is 1.13.